The third-order valence-electron chi connectivity index (χ3n) is 4.21. The van der Waals surface area contributed by atoms with Crippen LogP contribution in [0.25, 0.3) is 0 Å². The Bertz CT molecular complexity index is 463. The van der Waals surface area contributed by atoms with Gasteiger partial charge in [-0.1, -0.05) is 44.2 Å². The highest BCUT2D eigenvalue weighted by molar-refractivity contribution is 7.99. The van der Waals surface area contributed by atoms with Crippen molar-refractivity contribution in [2.45, 2.75) is 37.7 Å². The zero-order valence-electron chi connectivity index (χ0n) is 13.6. The van der Waals surface area contributed by atoms with Crippen LogP contribution in [0.4, 0.5) is 0 Å². The first-order valence-electron chi connectivity index (χ1n) is 8.17. The van der Waals surface area contributed by atoms with Crippen molar-refractivity contribution in [2.24, 2.45) is 11.8 Å². The maximum atomic E-state index is 12.8. The molecule has 0 aliphatic carbocycles. The van der Waals surface area contributed by atoms with Crippen molar-refractivity contribution in [3.8, 4) is 0 Å². The molecule has 1 saturated heterocycles. The van der Waals surface area contributed by atoms with E-state index in [2.05, 4.69) is 26.0 Å². The molecule has 1 N–H and O–H groups in total. The highest BCUT2D eigenvalue weighted by Gasteiger charge is 2.30. The van der Waals surface area contributed by atoms with E-state index in [1.54, 1.807) is 11.8 Å². The van der Waals surface area contributed by atoms with Gasteiger partial charge in [0.05, 0.1) is 5.25 Å². The van der Waals surface area contributed by atoms with Crippen LogP contribution in [0.1, 0.15) is 32.3 Å². The lowest BCUT2D eigenvalue weighted by molar-refractivity contribution is -0.133. The Hall–Kier alpha value is -1.00. The first kappa shape index (κ1) is 17.4. The van der Waals surface area contributed by atoms with E-state index in [-0.39, 0.29) is 23.7 Å². The molecule has 2 atom stereocenters. The summed E-state index contributed by atoms with van der Waals surface area (Å²) in [6.07, 6.45) is 2.04. The molecule has 2 rings (SSSR count). The molecule has 3 nitrogen and oxygen atoms in total. The molecule has 0 bridgehead atoms. The molecule has 0 spiro atoms. The number of aliphatic hydroxyl groups is 1. The zero-order chi connectivity index (χ0) is 15.9. The van der Waals surface area contributed by atoms with Gasteiger partial charge in [0, 0.05) is 25.4 Å². The monoisotopic (exact) mass is 321 g/mol. The smallest absolute Gasteiger partial charge is 0.235 e. The molecule has 0 radical (unpaired) electrons. The number of hydrogen-bond donors (Lipinski definition) is 1. The van der Waals surface area contributed by atoms with Crippen molar-refractivity contribution in [3.63, 3.8) is 0 Å². The van der Waals surface area contributed by atoms with Crippen molar-refractivity contribution in [2.75, 3.05) is 19.7 Å². The van der Waals surface area contributed by atoms with Crippen LogP contribution in [0.5, 0.6) is 0 Å². The molecule has 1 amide bonds. The van der Waals surface area contributed by atoms with Crippen LogP contribution in [-0.4, -0.2) is 40.9 Å². The van der Waals surface area contributed by atoms with E-state index < -0.39 is 0 Å². The Labute approximate surface area is 138 Å². The number of likely N-dealkylation sites (tertiary alicyclic amines) is 1. The summed E-state index contributed by atoms with van der Waals surface area (Å²) >= 11 is 1.74. The van der Waals surface area contributed by atoms with E-state index >= 15 is 0 Å². The second-order valence-corrected chi connectivity index (χ2v) is 7.57. The highest BCUT2D eigenvalue weighted by Crippen LogP contribution is 2.27. The van der Waals surface area contributed by atoms with Gasteiger partial charge in [-0.3, -0.25) is 4.79 Å². The van der Waals surface area contributed by atoms with Crippen LogP contribution in [-0.2, 0) is 10.5 Å². The normalized spacial score (nSPS) is 20.2. The fourth-order valence-corrected chi connectivity index (χ4v) is 4.14. The summed E-state index contributed by atoms with van der Waals surface area (Å²) in [5.74, 6) is 1.68. The predicted molar refractivity (Wildman–Crippen MR) is 92.8 cm³/mol. The van der Waals surface area contributed by atoms with E-state index in [0.717, 1.165) is 25.1 Å². The molecule has 2 unspecified atom stereocenters. The SMILES string of the molecule is CC(C)C(SCc1ccccc1)C(=O)N1CCCC(CO)C1. The van der Waals surface area contributed by atoms with Crippen LogP contribution in [0.3, 0.4) is 0 Å². The Morgan fingerprint density at radius 3 is 2.73 bits per heavy atom. The van der Waals surface area contributed by atoms with E-state index in [4.69, 9.17) is 0 Å². The number of benzene rings is 1. The molecule has 0 aromatic heterocycles. The lowest BCUT2D eigenvalue weighted by atomic mass is 9.98. The first-order chi connectivity index (χ1) is 10.6. The summed E-state index contributed by atoms with van der Waals surface area (Å²) in [5.41, 5.74) is 1.26. The number of rotatable bonds is 6. The molecular formula is C18H27NO2S. The zero-order valence-corrected chi connectivity index (χ0v) is 14.4. The van der Waals surface area contributed by atoms with Gasteiger partial charge < -0.3 is 10.0 Å². The van der Waals surface area contributed by atoms with E-state index in [0.29, 0.717) is 12.5 Å². The summed E-state index contributed by atoms with van der Waals surface area (Å²) in [7, 11) is 0. The van der Waals surface area contributed by atoms with Crippen molar-refractivity contribution in [3.05, 3.63) is 35.9 Å². The van der Waals surface area contributed by atoms with E-state index in [1.807, 2.05) is 23.1 Å². The summed E-state index contributed by atoms with van der Waals surface area (Å²) in [4.78, 5) is 14.8. The lowest BCUT2D eigenvalue weighted by Gasteiger charge is -2.35. The summed E-state index contributed by atoms with van der Waals surface area (Å²) in [5, 5.41) is 9.35. The maximum absolute atomic E-state index is 12.8. The molecule has 1 aliphatic heterocycles. The maximum Gasteiger partial charge on any atom is 0.235 e. The van der Waals surface area contributed by atoms with Gasteiger partial charge in [0.15, 0.2) is 0 Å². The molecule has 22 heavy (non-hydrogen) atoms. The van der Waals surface area contributed by atoms with Crippen LogP contribution in [0.15, 0.2) is 30.3 Å². The number of amides is 1. The fourth-order valence-electron chi connectivity index (χ4n) is 2.90. The van der Waals surface area contributed by atoms with Crippen LogP contribution in [0, 0.1) is 11.8 Å². The van der Waals surface area contributed by atoms with Crippen LogP contribution >= 0.6 is 11.8 Å². The molecular weight excluding hydrogens is 294 g/mol. The van der Waals surface area contributed by atoms with Gasteiger partial charge in [0.2, 0.25) is 5.91 Å². The topological polar surface area (TPSA) is 40.5 Å². The van der Waals surface area contributed by atoms with Crippen LogP contribution < -0.4 is 0 Å². The van der Waals surface area contributed by atoms with Gasteiger partial charge in [-0.15, -0.1) is 11.8 Å². The fraction of sp³-hybridized carbons (Fsp3) is 0.611. The number of thioether (sulfide) groups is 1. The number of carbonyl (C=O) groups excluding carboxylic acids is 1. The van der Waals surface area contributed by atoms with Gasteiger partial charge in [-0.25, -0.2) is 0 Å². The first-order valence-corrected chi connectivity index (χ1v) is 9.22. The standard InChI is InChI=1S/C18H27NO2S/c1-14(2)17(22-13-15-7-4-3-5-8-15)18(21)19-10-6-9-16(11-19)12-20/h3-5,7-8,14,16-17,20H,6,9-13H2,1-2H3. The van der Waals surface area contributed by atoms with Crippen molar-refractivity contribution >= 4 is 17.7 Å². The minimum absolute atomic E-state index is 0.00218. The Morgan fingerprint density at radius 2 is 2.09 bits per heavy atom. The van der Waals surface area contributed by atoms with Gasteiger partial charge in [-0.05, 0) is 30.2 Å². The molecule has 122 valence electrons. The van der Waals surface area contributed by atoms with Gasteiger partial charge in [0.25, 0.3) is 0 Å². The summed E-state index contributed by atoms with van der Waals surface area (Å²) in [6.45, 7) is 5.98. The largest absolute Gasteiger partial charge is 0.396 e. The molecule has 1 fully saturated rings. The Balaban J connectivity index is 1.96. The minimum atomic E-state index is -0.00218. The van der Waals surface area contributed by atoms with Gasteiger partial charge >= 0.3 is 0 Å². The second-order valence-electron chi connectivity index (χ2n) is 6.44. The number of piperidine rings is 1. The molecule has 1 aliphatic rings. The summed E-state index contributed by atoms with van der Waals surface area (Å²) < 4.78 is 0. The number of carbonyl (C=O) groups is 1. The second kappa shape index (κ2) is 8.59. The van der Waals surface area contributed by atoms with Crippen molar-refractivity contribution in [1.82, 2.24) is 4.90 Å². The van der Waals surface area contributed by atoms with Crippen LogP contribution in [0.2, 0.25) is 0 Å². The highest BCUT2D eigenvalue weighted by atomic mass is 32.2. The average Bonchev–Trinajstić information content (AvgIpc) is 2.55. The average molecular weight is 321 g/mol. The number of hydrogen-bond acceptors (Lipinski definition) is 3. The van der Waals surface area contributed by atoms with E-state index in [9.17, 15) is 9.90 Å². The summed E-state index contributed by atoms with van der Waals surface area (Å²) in [6, 6.07) is 10.3. The predicted octanol–water partition coefficient (Wildman–Crippen LogP) is 3.18. The number of nitrogens with zero attached hydrogens (tertiary/aromatic N) is 1. The molecule has 1 aromatic carbocycles. The van der Waals surface area contributed by atoms with E-state index in [1.165, 1.54) is 5.56 Å². The van der Waals surface area contributed by atoms with Crippen molar-refractivity contribution < 1.29 is 9.90 Å². The van der Waals surface area contributed by atoms with Crippen molar-refractivity contribution in [1.29, 1.82) is 0 Å². The van der Waals surface area contributed by atoms with Gasteiger partial charge in [-0.2, -0.15) is 0 Å². The third kappa shape index (κ3) is 4.75. The third-order valence-corrected chi connectivity index (χ3v) is 5.82. The number of aliphatic hydroxyl groups excluding tert-OH is 1. The molecule has 4 heteroatoms. The minimum Gasteiger partial charge on any atom is -0.396 e. The quantitative estimate of drug-likeness (QED) is 0.875. The molecule has 0 saturated carbocycles. The lowest BCUT2D eigenvalue weighted by Crippen LogP contribution is -2.46. The molecule has 1 heterocycles. The van der Waals surface area contributed by atoms with Gasteiger partial charge in [0.1, 0.15) is 0 Å². The molecule has 1 aromatic rings. The Kier molecular flexibility index (Phi) is 6.77. The Morgan fingerprint density at radius 1 is 1.36 bits per heavy atom.